The highest BCUT2D eigenvalue weighted by Crippen LogP contribution is 2.33. The van der Waals surface area contributed by atoms with Crippen LogP contribution in [0.3, 0.4) is 0 Å². The molecule has 156 valence electrons. The van der Waals surface area contributed by atoms with E-state index in [1.165, 1.54) is 6.07 Å². The molecule has 3 aromatic rings. The van der Waals surface area contributed by atoms with E-state index < -0.39 is 42.1 Å². The van der Waals surface area contributed by atoms with Crippen LogP contribution in [0.1, 0.15) is 0 Å². The third kappa shape index (κ3) is 3.44. The van der Waals surface area contributed by atoms with E-state index in [0.717, 1.165) is 0 Å². The van der Waals surface area contributed by atoms with Gasteiger partial charge in [-0.1, -0.05) is 42.5 Å². The predicted molar refractivity (Wildman–Crippen MR) is 103 cm³/mol. The Balaban J connectivity index is 1.83. The number of ether oxygens (including phenoxy) is 2. The van der Waals surface area contributed by atoms with Crippen LogP contribution in [-0.2, 0) is 9.53 Å². The van der Waals surface area contributed by atoms with Gasteiger partial charge in [0.1, 0.15) is 23.9 Å². The van der Waals surface area contributed by atoms with Crippen molar-refractivity contribution in [3.63, 3.8) is 0 Å². The van der Waals surface area contributed by atoms with Crippen molar-refractivity contribution in [1.29, 1.82) is 0 Å². The largest absolute Gasteiger partial charge is 0.479 e. The van der Waals surface area contributed by atoms with E-state index in [-0.39, 0.29) is 16.9 Å². The number of carboxylic acids is 1. The molecule has 1 aliphatic heterocycles. The molecule has 1 saturated heterocycles. The fourth-order valence-corrected chi connectivity index (χ4v) is 3.28. The molecular formula is C21H18O9. The summed E-state index contributed by atoms with van der Waals surface area (Å²) in [4.78, 5) is 24.4. The zero-order valence-electron chi connectivity index (χ0n) is 15.4. The second-order valence-corrected chi connectivity index (χ2v) is 6.80. The summed E-state index contributed by atoms with van der Waals surface area (Å²) in [7, 11) is 0. The van der Waals surface area contributed by atoms with Gasteiger partial charge in [0.25, 0.3) is 0 Å². The summed E-state index contributed by atoms with van der Waals surface area (Å²) in [5.74, 6) is -1.84. The summed E-state index contributed by atoms with van der Waals surface area (Å²) in [5.41, 5.74) is 0.229. The molecule has 2 heterocycles. The molecule has 0 spiro atoms. The van der Waals surface area contributed by atoms with Crippen LogP contribution in [0.2, 0.25) is 0 Å². The van der Waals surface area contributed by atoms with Crippen LogP contribution in [0.25, 0.3) is 22.3 Å². The summed E-state index contributed by atoms with van der Waals surface area (Å²) >= 11 is 0. The van der Waals surface area contributed by atoms with Gasteiger partial charge in [-0.15, -0.1) is 0 Å². The fourth-order valence-electron chi connectivity index (χ4n) is 3.28. The van der Waals surface area contributed by atoms with Gasteiger partial charge in [0.05, 0.1) is 5.39 Å². The van der Waals surface area contributed by atoms with Crippen LogP contribution < -0.4 is 10.2 Å². The number of para-hydroxylation sites is 1. The van der Waals surface area contributed by atoms with E-state index in [4.69, 9.17) is 13.9 Å². The number of benzene rings is 2. The minimum atomic E-state index is -1.88. The van der Waals surface area contributed by atoms with Crippen molar-refractivity contribution in [2.45, 2.75) is 30.7 Å². The molecule has 5 atom stereocenters. The van der Waals surface area contributed by atoms with Crippen molar-refractivity contribution in [3.05, 3.63) is 64.8 Å². The van der Waals surface area contributed by atoms with Gasteiger partial charge in [-0.25, -0.2) is 4.79 Å². The maximum absolute atomic E-state index is 13.1. The lowest BCUT2D eigenvalue weighted by atomic mass is 9.99. The van der Waals surface area contributed by atoms with Crippen molar-refractivity contribution in [2.24, 2.45) is 0 Å². The average Bonchev–Trinajstić information content (AvgIpc) is 2.76. The zero-order chi connectivity index (χ0) is 21.4. The van der Waals surface area contributed by atoms with Gasteiger partial charge < -0.3 is 34.3 Å². The normalized spacial score (nSPS) is 26.4. The van der Waals surface area contributed by atoms with Gasteiger partial charge in [0.2, 0.25) is 17.5 Å². The maximum atomic E-state index is 13.1. The van der Waals surface area contributed by atoms with Crippen LogP contribution in [-0.4, -0.2) is 57.1 Å². The highest BCUT2D eigenvalue weighted by atomic mass is 16.7. The van der Waals surface area contributed by atoms with Crippen molar-refractivity contribution >= 4 is 16.9 Å². The molecule has 30 heavy (non-hydrogen) atoms. The second kappa shape index (κ2) is 7.88. The summed E-state index contributed by atoms with van der Waals surface area (Å²) in [6.45, 7) is 0. The molecule has 0 radical (unpaired) electrons. The van der Waals surface area contributed by atoms with Gasteiger partial charge in [0.15, 0.2) is 11.9 Å². The van der Waals surface area contributed by atoms with Gasteiger partial charge in [0, 0.05) is 5.56 Å². The molecule has 4 N–H and O–H groups in total. The Morgan fingerprint density at radius 2 is 1.57 bits per heavy atom. The Labute approximate surface area is 169 Å². The monoisotopic (exact) mass is 414 g/mol. The van der Waals surface area contributed by atoms with Crippen molar-refractivity contribution in [1.82, 2.24) is 0 Å². The Morgan fingerprint density at radius 3 is 2.27 bits per heavy atom. The Morgan fingerprint density at radius 1 is 0.900 bits per heavy atom. The summed E-state index contributed by atoms with van der Waals surface area (Å²) in [6.07, 6.45) is -9.15. The van der Waals surface area contributed by atoms with E-state index in [2.05, 4.69) is 0 Å². The molecule has 0 amide bonds. The summed E-state index contributed by atoms with van der Waals surface area (Å²) in [6, 6.07) is 15.0. The SMILES string of the molecule is O=C(O)[C@H]1OC(Oc2c(-c3ccccc3)oc3ccccc3c2=O)[C@H](O)[C@@H](O)[C@@H]1O. The number of rotatable bonds is 4. The van der Waals surface area contributed by atoms with Gasteiger partial charge >= 0.3 is 5.97 Å². The third-order valence-electron chi connectivity index (χ3n) is 4.84. The minimum Gasteiger partial charge on any atom is -0.479 e. The van der Waals surface area contributed by atoms with Gasteiger partial charge in [-0.3, -0.25) is 4.79 Å². The first kappa shape index (κ1) is 20.0. The van der Waals surface area contributed by atoms with E-state index in [1.807, 2.05) is 0 Å². The zero-order valence-corrected chi connectivity index (χ0v) is 15.4. The molecule has 9 nitrogen and oxygen atoms in total. The third-order valence-corrected chi connectivity index (χ3v) is 4.84. The fraction of sp³-hybridized carbons (Fsp3) is 0.238. The molecule has 2 aromatic carbocycles. The number of carbonyl (C=O) groups is 1. The maximum Gasteiger partial charge on any atom is 0.335 e. The van der Waals surface area contributed by atoms with Gasteiger partial charge in [-0.2, -0.15) is 0 Å². The van der Waals surface area contributed by atoms with Crippen LogP contribution in [0.4, 0.5) is 0 Å². The van der Waals surface area contributed by atoms with Crippen LogP contribution in [0.5, 0.6) is 5.75 Å². The van der Waals surface area contributed by atoms with Crippen molar-refractivity contribution in [3.8, 4) is 17.1 Å². The highest BCUT2D eigenvalue weighted by Gasteiger charge is 2.48. The Hall–Kier alpha value is -3.24. The molecule has 1 fully saturated rings. The lowest BCUT2D eigenvalue weighted by molar-refractivity contribution is -0.271. The lowest BCUT2D eigenvalue weighted by Gasteiger charge is -2.38. The van der Waals surface area contributed by atoms with Crippen LogP contribution >= 0.6 is 0 Å². The quantitative estimate of drug-likeness (QED) is 0.485. The lowest BCUT2D eigenvalue weighted by Crippen LogP contribution is -2.61. The number of hydrogen-bond donors (Lipinski definition) is 4. The van der Waals surface area contributed by atoms with Crippen molar-refractivity contribution in [2.75, 3.05) is 0 Å². The molecule has 9 heteroatoms. The molecule has 0 aliphatic carbocycles. The highest BCUT2D eigenvalue weighted by molar-refractivity contribution is 5.82. The van der Waals surface area contributed by atoms with Crippen molar-refractivity contribution < 1.29 is 39.1 Å². The first-order valence-electron chi connectivity index (χ1n) is 9.09. The number of carboxylic acid groups (broad SMARTS) is 1. The predicted octanol–water partition coefficient (Wildman–Crippen LogP) is 0.731. The number of aliphatic hydroxyl groups excluding tert-OH is 3. The van der Waals surface area contributed by atoms with E-state index in [1.54, 1.807) is 48.5 Å². The molecule has 0 saturated carbocycles. The number of aliphatic carboxylic acids is 1. The molecule has 1 aromatic heterocycles. The first-order chi connectivity index (χ1) is 14.4. The number of hydrogen-bond acceptors (Lipinski definition) is 8. The van der Waals surface area contributed by atoms with Gasteiger partial charge in [-0.05, 0) is 12.1 Å². The summed E-state index contributed by atoms with van der Waals surface area (Å²) in [5, 5.41) is 39.5. The number of fused-ring (bicyclic) bond motifs is 1. The van der Waals surface area contributed by atoms with E-state index in [9.17, 15) is 30.0 Å². The molecular weight excluding hydrogens is 396 g/mol. The molecule has 1 unspecified atom stereocenters. The molecule has 0 bridgehead atoms. The second-order valence-electron chi connectivity index (χ2n) is 6.80. The number of aliphatic hydroxyl groups is 3. The average molecular weight is 414 g/mol. The smallest absolute Gasteiger partial charge is 0.335 e. The van der Waals surface area contributed by atoms with E-state index in [0.29, 0.717) is 11.1 Å². The first-order valence-corrected chi connectivity index (χ1v) is 9.09. The molecule has 1 aliphatic rings. The minimum absolute atomic E-state index is 0.0441. The summed E-state index contributed by atoms with van der Waals surface area (Å²) < 4.78 is 16.6. The topological polar surface area (TPSA) is 147 Å². The Kier molecular flexibility index (Phi) is 5.27. The Bertz CT molecular complexity index is 1120. The van der Waals surface area contributed by atoms with Crippen LogP contribution in [0, 0.1) is 0 Å². The van der Waals surface area contributed by atoms with E-state index >= 15 is 0 Å². The van der Waals surface area contributed by atoms with Crippen LogP contribution in [0.15, 0.2) is 63.8 Å². The molecule has 4 rings (SSSR count). The standard InChI is InChI=1S/C21H18O9/c22-13-11-8-4-5-9-12(11)28-17(10-6-2-1-3-7-10)18(13)29-21-16(25)14(23)15(24)19(30-21)20(26)27/h1-9,14-16,19,21,23-25H,(H,26,27)/t14-,15-,16+,19-,21?/m0/s1.